The van der Waals surface area contributed by atoms with Crippen LogP contribution in [0, 0.1) is 5.82 Å². The van der Waals surface area contributed by atoms with Crippen molar-refractivity contribution < 1.29 is 13.2 Å². The summed E-state index contributed by atoms with van der Waals surface area (Å²) in [6.45, 7) is -0.605. The average Bonchev–Trinajstić information content (AvgIpc) is 2.31. The van der Waals surface area contributed by atoms with E-state index in [0.717, 1.165) is 0 Å². The molecule has 0 spiro atoms. The Kier molecular flexibility index (Phi) is 5.68. The topological polar surface area (TPSA) is 38.4 Å². The third kappa shape index (κ3) is 4.34. The van der Waals surface area contributed by atoms with Crippen LogP contribution in [0.1, 0.15) is 5.56 Å². The lowest BCUT2D eigenvalue weighted by atomic mass is 10.1. The van der Waals surface area contributed by atoms with Crippen LogP contribution in [-0.4, -0.2) is 19.2 Å². The molecule has 98 valence electrons. The van der Waals surface area contributed by atoms with Crippen molar-refractivity contribution in [2.24, 2.45) is 10.7 Å². The van der Waals surface area contributed by atoms with E-state index in [2.05, 4.69) is 20.9 Å². The van der Waals surface area contributed by atoms with Gasteiger partial charge in [0, 0.05) is 11.8 Å². The highest BCUT2D eigenvalue weighted by molar-refractivity contribution is 9.12. The maximum atomic E-state index is 12.9. The molecule has 2 nitrogen and oxygen atoms in total. The summed E-state index contributed by atoms with van der Waals surface area (Å²) >= 11 is 8.70. The summed E-state index contributed by atoms with van der Waals surface area (Å²) < 4.78 is 37.0. The third-order valence-corrected chi connectivity index (χ3v) is 2.86. The molecule has 0 fully saturated rings. The molecule has 2 N–H and O–H groups in total. The summed E-state index contributed by atoms with van der Waals surface area (Å²) in [5.41, 5.74) is 6.45. The Hall–Kier alpha value is -1.01. The van der Waals surface area contributed by atoms with Gasteiger partial charge in [-0.2, -0.15) is 0 Å². The van der Waals surface area contributed by atoms with Gasteiger partial charge < -0.3 is 5.73 Å². The average molecular weight is 342 g/mol. The van der Waals surface area contributed by atoms with Gasteiger partial charge in [0.2, 0.25) is 0 Å². The lowest BCUT2D eigenvalue weighted by Gasteiger charge is -2.04. The van der Waals surface area contributed by atoms with Crippen molar-refractivity contribution in [2.45, 2.75) is 6.43 Å². The van der Waals surface area contributed by atoms with E-state index in [9.17, 15) is 13.2 Å². The fourth-order valence-corrected chi connectivity index (χ4v) is 1.64. The molecule has 0 aliphatic rings. The van der Waals surface area contributed by atoms with E-state index in [4.69, 9.17) is 17.3 Å². The zero-order valence-electron chi connectivity index (χ0n) is 9.01. The monoisotopic (exact) mass is 340 g/mol. The molecule has 0 atom stereocenters. The molecule has 0 saturated carbocycles. The molecule has 0 heterocycles. The van der Waals surface area contributed by atoms with Crippen LogP contribution in [-0.2, 0) is 0 Å². The quantitative estimate of drug-likeness (QED) is 0.830. The van der Waals surface area contributed by atoms with E-state index in [1.165, 1.54) is 24.4 Å². The molecule has 0 aliphatic heterocycles. The minimum Gasteiger partial charge on any atom is -0.397 e. The van der Waals surface area contributed by atoms with E-state index in [1.54, 1.807) is 0 Å². The Morgan fingerprint density at radius 2 is 2.17 bits per heavy atom. The van der Waals surface area contributed by atoms with Crippen LogP contribution < -0.4 is 5.73 Å². The molecule has 7 heteroatoms. The van der Waals surface area contributed by atoms with E-state index in [-0.39, 0.29) is 10.7 Å². The zero-order chi connectivity index (χ0) is 13.7. The highest BCUT2D eigenvalue weighted by Gasteiger charge is 2.06. The van der Waals surface area contributed by atoms with E-state index < -0.39 is 18.8 Å². The Bertz CT molecular complexity index is 489. The van der Waals surface area contributed by atoms with Crippen molar-refractivity contribution in [3.05, 3.63) is 39.1 Å². The molecule has 0 aliphatic carbocycles. The van der Waals surface area contributed by atoms with Crippen molar-refractivity contribution in [1.82, 2.24) is 0 Å². The van der Waals surface area contributed by atoms with Crippen LogP contribution >= 0.6 is 27.5 Å². The van der Waals surface area contributed by atoms with E-state index in [1.807, 2.05) is 0 Å². The van der Waals surface area contributed by atoms with Gasteiger partial charge >= 0.3 is 0 Å². The number of alkyl halides is 2. The molecular formula is C11H9BrClF3N2. The zero-order valence-corrected chi connectivity index (χ0v) is 11.4. The van der Waals surface area contributed by atoms with Crippen LogP contribution in [0.15, 0.2) is 27.7 Å². The van der Waals surface area contributed by atoms with Crippen LogP contribution in [0.3, 0.4) is 0 Å². The minimum absolute atomic E-state index is 0.0692. The largest absolute Gasteiger partial charge is 0.397 e. The van der Waals surface area contributed by atoms with Gasteiger partial charge in [0.05, 0.1) is 21.7 Å². The van der Waals surface area contributed by atoms with Crippen LogP contribution in [0.2, 0.25) is 5.02 Å². The summed E-state index contributed by atoms with van der Waals surface area (Å²) in [6.07, 6.45) is -1.33. The predicted molar refractivity (Wildman–Crippen MR) is 70.8 cm³/mol. The Morgan fingerprint density at radius 3 is 2.72 bits per heavy atom. The second kappa shape index (κ2) is 6.80. The molecule has 1 rings (SSSR count). The highest BCUT2D eigenvalue weighted by atomic mass is 79.9. The van der Waals surface area contributed by atoms with Crippen molar-refractivity contribution in [1.29, 1.82) is 0 Å². The SMILES string of the molecule is NC(=C(Br)C=NCC(F)F)c1ccc(F)c(Cl)c1. The lowest BCUT2D eigenvalue weighted by Crippen LogP contribution is -2.01. The fraction of sp³-hybridized carbons (Fsp3) is 0.182. The number of nitrogens with two attached hydrogens (primary N) is 1. The maximum Gasteiger partial charge on any atom is 0.257 e. The maximum absolute atomic E-state index is 12.9. The molecule has 1 aromatic rings. The lowest BCUT2D eigenvalue weighted by molar-refractivity contribution is 0.159. The first-order chi connectivity index (χ1) is 8.41. The van der Waals surface area contributed by atoms with Gasteiger partial charge in [-0.1, -0.05) is 11.6 Å². The summed E-state index contributed by atoms with van der Waals surface area (Å²) in [6, 6.07) is 3.94. The number of benzene rings is 1. The molecule has 0 amide bonds. The summed E-state index contributed by atoms with van der Waals surface area (Å²) in [7, 11) is 0. The number of halogens is 5. The molecule has 0 saturated heterocycles. The van der Waals surface area contributed by atoms with Gasteiger partial charge in [-0.25, -0.2) is 13.2 Å². The van der Waals surface area contributed by atoms with Gasteiger partial charge in [0.15, 0.2) is 0 Å². The van der Waals surface area contributed by atoms with E-state index >= 15 is 0 Å². The predicted octanol–water partition coefficient (Wildman–Crippen LogP) is 3.84. The highest BCUT2D eigenvalue weighted by Crippen LogP contribution is 2.22. The number of allylic oxidation sites excluding steroid dienone is 1. The van der Waals surface area contributed by atoms with Crippen molar-refractivity contribution in [3.8, 4) is 0 Å². The third-order valence-electron chi connectivity index (χ3n) is 1.94. The number of aliphatic imine (C=N–C) groups is 1. The summed E-state index contributed by atoms with van der Waals surface area (Å²) in [4.78, 5) is 3.49. The first-order valence-electron chi connectivity index (χ1n) is 4.80. The van der Waals surface area contributed by atoms with Gasteiger partial charge in [-0.3, -0.25) is 4.99 Å². The van der Waals surface area contributed by atoms with E-state index in [0.29, 0.717) is 10.0 Å². The van der Waals surface area contributed by atoms with Crippen LogP contribution in [0.4, 0.5) is 13.2 Å². The first kappa shape index (κ1) is 15.0. The fourth-order valence-electron chi connectivity index (χ4n) is 1.08. The molecule has 0 unspecified atom stereocenters. The van der Waals surface area contributed by atoms with Gasteiger partial charge in [0.25, 0.3) is 6.43 Å². The minimum atomic E-state index is -2.51. The summed E-state index contributed by atoms with van der Waals surface area (Å²) in [5.74, 6) is -0.560. The Labute approximate surface area is 115 Å². The molecule has 0 aromatic heterocycles. The number of hydrogen-bond donors (Lipinski definition) is 1. The van der Waals surface area contributed by atoms with Gasteiger partial charge in [0.1, 0.15) is 5.82 Å². The molecule has 0 bridgehead atoms. The van der Waals surface area contributed by atoms with Gasteiger partial charge in [-0.05, 0) is 34.1 Å². The number of rotatable bonds is 4. The van der Waals surface area contributed by atoms with Gasteiger partial charge in [-0.15, -0.1) is 0 Å². The molecule has 18 heavy (non-hydrogen) atoms. The van der Waals surface area contributed by atoms with Crippen molar-refractivity contribution >= 4 is 39.4 Å². The number of nitrogens with zero attached hydrogens (tertiary/aromatic N) is 1. The van der Waals surface area contributed by atoms with Crippen LogP contribution in [0.25, 0.3) is 5.70 Å². The Balaban J connectivity index is 2.92. The second-order valence-corrected chi connectivity index (χ2v) is 4.54. The smallest absolute Gasteiger partial charge is 0.257 e. The molecule has 0 radical (unpaired) electrons. The number of hydrogen-bond acceptors (Lipinski definition) is 2. The second-order valence-electron chi connectivity index (χ2n) is 3.28. The summed E-state index contributed by atoms with van der Waals surface area (Å²) in [5, 5.41) is -0.0692. The molecule has 1 aromatic carbocycles. The van der Waals surface area contributed by atoms with Crippen LogP contribution in [0.5, 0.6) is 0 Å². The normalized spacial score (nSPS) is 13.2. The molecular weight excluding hydrogens is 332 g/mol. The first-order valence-corrected chi connectivity index (χ1v) is 5.97. The van der Waals surface area contributed by atoms with Crippen molar-refractivity contribution in [2.75, 3.05) is 6.54 Å². The standard InChI is InChI=1S/C11H9BrClF3N2/c12-7(4-18-5-10(15)16)11(17)6-1-2-9(14)8(13)3-6/h1-4,10H,5,17H2. The Morgan fingerprint density at radius 1 is 1.50 bits per heavy atom. The van der Waals surface area contributed by atoms with Crippen molar-refractivity contribution in [3.63, 3.8) is 0 Å².